The third-order valence-corrected chi connectivity index (χ3v) is 1.82. The molecule has 0 aliphatic carbocycles. The Morgan fingerprint density at radius 2 is 2.42 bits per heavy atom. The number of aliphatic carboxylic acids is 1. The van der Waals surface area contributed by atoms with Gasteiger partial charge in [0.15, 0.2) is 11.3 Å². The summed E-state index contributed by atoms with van der Waals surface area (Å²) >= 11 is 1.15. The number of aldehydes is 1. The molecule has 0 aromatic carbocycles. The number of aromatic nitrogens is 1. The average Bonchev–Trinajstić information content (AvgIpc) is 2.34. The van der Waals surface area contributed by atoms with Crippen LogP contribution in [0.5, 0.6) is 0 Å². The van der Waals surface area contributed by atoms with Crippen LogP contribution in [0.3, 0.4) is 0 Å². The highest BCUT2D eigenvalue weighted by atomic mass is 35.5. The van der Waals surface area contributed by atoms with Crippen molar-refractivity contribution in [2.75, 3.05) is 0 Å². The van der Waals surface area contributed by atoms with Gasteiger partial charge in [0.05, 0.1) is 12.1 Å². The monoisotopic (exact) mass is 207 g/mol. The standard InChI is InChI=1S/C6H5NO3S.ClH/c8-2-5-7-4(3-11-5)1-6(9)10;/h2-3H,1H2,(H,9,10);1H. The van der Waals surface area contributed by atoms with Gasteiger partial charge in [0.1, 0.15) is 0 Å². The lowest BCUT2D eigenvalue weighted by molar-refractivity contribution is -0.136. The molecule has 4 nitrogen and oxygen atoms in total. The number of carboxylic acid groups (broad SMARTS) is 1. The predicted octanol–water partition coefficient (Wildman–Crippen LogP) is 1.00. The third kappa shape index (κ3) is 2.98. The van der Waals surface area contributed by atoms with Crippen molar-refractivity contribution in [3.63, 3.8) is 0 Å². The van der Waals surface area contributed by atoms with Gasteiger partial charge in [-0.3, -0.25) is 9.59 Å². The molecule has 1 rings (SSSR count). The summed E-state index contributed by atoms with van der Waals surface area (Å²) in [5.41, 5.74) is 0.435. The Hall–Kier alpha value is -0.940. The highest BCUT2D eigenvalue weighted by Gasteiger charge is 2.04. The quantitative estimate of drug-likeness (QED) is 0.751. The van der Waals surface area contributed by atoms with Gasteiger partial charge in [-0.2, -0.15) is 0 Å². The first-order chi connectivity index (χ1) is 5.22. The number of hydrogen-bond acceptors (Lipinski definition) is 4. The molecule has 0 saturated heterocycles. The van der Waals surface area contributed by atoms with Crippen LogP contribution in [0.1, 0.15) is 15.5 Å². The minimum absolute atomic E-state index is 0. The summed E-state index contributed by atoms with van der Waals surface area (Å²) in [5.74, 6) is -0.937. The Labute approximate surface area is 78.7 Å². The summed E-state index contributed by atoms with van der Waals surface area (Å²) in [6.07, 6.45) is 0.486. The summed E-state index contributed by atoms with van der Waals surface area (Å²) in [6.45, 7) is 0. The molecule has 1 aromatic heterocycles. The first kappa shape index (κ1) is 11.1. The van der Waals surface area contributed by atoms with Gasteiger partial charge >= 0.3 is 5.97 Å². The zero-order chi connectivity index (χ0) is 8.27. The molecule has 6 heteroatoms. The van der Waals surface area contributed by atoms with Crippen molar-refractivity contribution in [3.05, 3.63) is 16.1 Å². The van der Waals surface area contributed by atoms with Gasteiger partial charge in [-0.15, -0.1) is 23.7 Å². The number of rotatable bonds is 3. The van der Waals surface area contributed by atoms with Crippen molar-refractivity contribution in [1.29, 1.82) is 0 Å². The molecule has 0 atom stereocenters. The van der Waals surface area contributed by atoms with E-state index in [0.29, 0.717) is 17.0 Å². The molecule has 0 saturated carbocycles. The fourth-order valence-corrected chi connectivity index (χ4v) is 1.23. The second kappa shape index (κ2) is 4.84. The van der Waals surface area contributed by atoms with Gasteiger partial charge in [-0.05, 0) is 0 Å². The van der Waals surface area contributed by atoms with Crippen LogP contribution in [-0.4, -0.2) is 22.3 Å². The van der Waals surface area contributed by atoms with E-state index in [4.69, 9.17) is 5.11 Å². The molecule has 1 N–H and O–H groups in total. The number of carbonyl (C=O) groups excluding carboxylic acids is 1. The molecular weight excluding hydrogens is 202 g/mol. The Balaban J connectivity index is 0.00000121. The number of hydrogen-bond donors (Lipinski definition) is 1. The molecule has 1 aromatic rings. The number of halogens is 1. The summed E-state index contributed by atoms with van der Waals surface area (Å²) in [5, 5.41) is 10.2. The first-order valence-electron chi connectivity index (χ1n) is 2.83. The van der Waals surface area contributed by atoms with E-state index in [9.17, 15) is 9.59 Å². The molecule has 0 fully saturated rings. The molecule has 0 radical (unpaired) electrons. The fraction of sp³-hybridized carbons (Fsp3) is 0.167. The van der Waals surface area contributed by atoms with Gasteiger partial charge < -0.3 is 5.11 Å². The summed E-state index contributed by atoms with van der Waals surface area (Å²) in [6, 6.07) is 0. The molecule has 66 valence electrons. The maximum Gasteiger partial charge on any atom is 0.309 e. The molecular formula is C6H6ClNO3S. The Morgan fingerprint density at radius 3 is 2.83 bits per heavy atom. The molecule has 0 spiro atoms. The van der Waals surface area contributed by atoms with Crippen LogP contribution >= 0.6 is 23.7 Å². The first-order valence-corrected chi connectivity index (χ1v) is 3.71. The summed E-state index contributed by atoms with van der Waals surface area (Å²) < 4.78 is 0. The number of carbonyl (C=O) groups is 2. The van der Waals surface area contributed by atoms with Gasteiger partial charge in [-0.1, -0.05) is 0 Å². The SMILES string of the molecule is Cl.O=Cc1nc(CC(=O)O)cs1. The van der Waals surface area contributed by atoms with Gasteiger partial charge in [0.2, 0.25) is 0 Å². The summed E-state index contributed by atoms with van der Waals surface area (Å²) in [4.78, 5) is 24.0. The van der Waals surface area contributed by atoms with E-state index >= 15 is 0 Å². The zero-order valence-corrected chi connectivity index (χ0v) is 7.52. The smallest absolute Gasteiger partial charge is 0.309 e. The second-order valence-electron chi connectivity index (χ2n) is 1.87. The van der Waals surface area contributed by atoms with Crippen molar-refractivity contribution >= 4 is 36.0 Å². The molecule has 0 aliphatic heterocycles. The van der Waals surface area contributed by atoms with Gasteiger partial charge in [-0.25, -0.2) is 4.98 Å². The van der Waals surface area contributed by atoms with Crippen LogP contribution in [0, 0.1) is 0 Å². The number of nitrogens with zero attached hydrogens (tertiary/aromatic N) is 1. The molecule has 0 amide bonds. The minimum atomic E-state index is -0.937. The van der Waals surface area contributed by atoms with Crippen molar-refractivity contribution in [2.45, 2.75) is 6.42 Å². The number of thiazole rings is 1. The Kier molecular flexibility index (Phi) is 4.46. The topological polar surface area (TPSA) is 67.3 Å². The van der Waals surface area contributed by atoms with Crippen LogP contribution in [0.2, 0.25) is 0 Å². The van der Waals surface area contributed by atoms with Gasteiger partial charge in [0.25, 0.3) is 0 Å². The van der Waals surface area contributed by atoms with E-state index in [1.54, 1.807) is 5.38 Å². The van der Waals surface area contributed by atoms with E-state index in [2.05, 4.69) is 4.98 Å². The number of carboxylic acids is 1. The molecule has 0 unspecified atom stereocenters. The van der Waals surface area contributed by atoms with Crippen LogP contribution < -0.4 is 0 Å². The highest BCUT2D eigenvalue weighted by Crippen LogP contribution is 2.07. The van der Waals surface area contributed by atoms with E-state index in [-0.39, 0.29) is 18.8 Å². The lowest BCUT2D eigenvalue weighted by atomic mass is 10.3. The maximum atomic E-state index is 10.1. The third-order valence-electron chi connectivity index (χ3n) is 1.00. The van der Waals surface area contributed by atoms with E-state index in [1.165, 1.54) is 0 Å². The minimum Gasteiger partial charge on any atom is -0.481 e. The fourth-order valence-electron chi connectivity index (χ4n) is 0.613. The van der Waals surface area contributed by atoms with Gasteiger partial charge in [0, 0.05) is 5.38 Å². The highest BCUT2D eigenvalue weighted by molar-refractivity contribution is 7.11. The second-order valence-corrected chi connectivity index (χ2v) is 2.76. The van der Waals surface area contributed by atoms with Crippen LogP contribution in [0.15, 0.2) is 5.38 Å². The van der Waals surface area contributed by atoms with Crippen molar-refractivity contribution < 1.29 is 14.7 Å². The molecule has 0 bridgehead atoms. The zero-order valence-electron chi connectivity index (χ0n) is 5.89. The van der Waals surface area contributed by atoms with Crippen LogP contribution in [0.4, 0.5) is 0 Å². The van der Waals surface area contributed by atoms with Crippen LogP contribution in [0.25, 0.3) is 0 Å². The summed E-state index contributed by atoms with van der Waals surface area (Å²) in [7, 11) is 0. The van der Waals surface area contributed by atoms with Crippen molar-refractivity contribution in [2.24, 2.45) is 0 Å². The Bertz CT molecular complexity index is 286. The van der Waals surface area contributed by atoms with E-state index < -0.39 is 5.97 Å². The van der Waals surface area contributed by atoms with E-state index in [0.717, 1.165) is 11.3 Å². The Morgan fingerprint density at radius 1 is 1.75 bits per heavy atom. The normalized spacial score (nSPS) is 8.67. The van der Waals surface area contributed by atoms with Crippen molar-refractivity contribution in [1.82, 2.24) is 4.98 Å². The van der Waals surface area contributed by atoms with Crippen LogP contribution in [-0.2, 0) is 11.2 Å². The van der Waals surface area contributed by atoms with E-state index in [1.807, 2.05) is 0 Å². The molecule has 12 heavy (non-hydrogen) atoms. The maximum absolute atomic E-state index is 10.1. The van der Waals surface area contributed by atoms with Crippen molar-refractivity contribution in [3.8, 4) is 0 Å². The predicted molar refractivity (Wildman–Crippen MR) is 46.1 cm³/mol. The molecule has 1 heterocycles. The lowest BCUT2D eigenvalue weighted by Gasteiger charge is -1.85. The lowest BCUT2D eigenvalue weighted by Crippen LogP contribution is -2.00. The average molecular weight is 208 g/mol. The molecule has 0 aliphatic rings. The largest absolute Gasteiger partial charge is 0.481 e.